The average molecular weight is 243 g/mol. The Hall–Kier alpha value is -1.35. The van der Waals surface area contributed by atoms with E-state index in [0.29, 0.717) is 6.42 Å². The van der Waals surface area contributed by atoms with E-state index in [4.69, 9.17) is 4.74 Å². The summed E-state index contributed by atoms with van der Waals surface area (Å²) >= 11 is 0. The maximum absolute atomic E-state index is 12.3. The van der Waals surface area contributed by atoms with Gasteiger partial charge in [-0.3, -0.25) is 4.79 Å². The first-order chi connectivity index (χ1) is 8.69. The van der Waals surface area contributed by atoms with Gasteiger partial charge in [0, 0.05) is 12.8 Å². The molecule has 3 nitrogen and oxygen atoms in total. The molecule has 2 aliphatic heterocycles. The maximum atomic E-state index is 12.3. The van der Waals surface area contributed by atoms with Crippen LogP contribution in [0.25, 0.3) is 0 Å². The summed E-state index contributed by atoms with van der Waals surface area (Å²) < 4.78 is 6.23. The van der Waals surface area contributed by atoms with Crippen LogP contribution in [0.3, 0.4) is 0 Å². The minimum absolute atomic E-state index is 0.152. The van der Waals surface area contributed by atoms with E-state index in [9.17, 15) is 4.79 Å². The van der Waals surface area contributed by atoms with Gasteiger partial charge in [-0.15, -0.1) is 0 Å². The van der Waals surface area contributed by atoms with Gasteiger partial charge in [0.1, 0.15) is 5.72 Å². The molecule has 0 saturated carbocycles. The molecular formula is C15H17NO2. The summed E-state index contributed by atoms with van der Waals surface area (Å²) in [7, 11) is 0. The summed E-state index contributed by atoms with van der Waals surface area (Å²) in [6.07, 6.45) is 3.69. The first-order valence-corrected chi connectivity index (χ1v) is 6.77. The molecule has 0 aromatic heterocycles. The van der Waals surface area contributed by atoms with Crippen molar-refractivity contribution in [3.63, 3.8) is 0 Å². The second-order valence-electron chi connectivity index (χ2n) is 5.80. The van der Waals surface area contributed by atoms with Crippen LogP contribution in [0, 0.1) is 0 Å². The van der Waals surface area contributed by atoms with Crippen LogP contribution in [0.1, 0.15) is 43.4 Å². The van der Waals surface area contributed by atoms with E-state index in [1.807, 2.05) is 4.90 Å². The van der Waals surface area contributed by atoms with E-state index in [0.717, 1.165) is 19.3 Å². The Labute approximate surface area is 107 Å². The fourth-order valence-corrected chi connectivity index (χ4v) is 3.91. The Morgan fingerprint density at radius 1 is 1.39 bits per heavy atom. The number of amides is 1. The number of hydrogen-bond donors (Lipinski definition) is 0. The van der Waals surface area contributed by atoms with Crippen LogP contribution >= 0.6 is 0 Å². The second kappa shape index (κ2) is 3.35. The van der Waals surface area contributed by atoms with Crippen molar-refractivity contribution in [1.82, 2.24) is 4.90 Å². The topological polar surface area (TPSA) is 29.5 Å². The van der Waals surface area contributed by atoms with Gasteiger partial charge in [-0.05, 0) is 30.9 Å². The summed E-state index contributed by atoms with van der Waals surface area (Å²) in [6.45, 7) is 2.07. The third-order valence-corrected chi connectivity index (χ3v) is 4.64. The molecule has 1 aliphatic carbocycles. The van der Waals surface area contributed by atoms with Crippen molar-refractivity contribution in [1.29, 1.82) is 0 Å². The van der Waals surface area contributed by atoms with Crippen LogP contribution in [-0.4, -0.2) is 22.6 Å². The zero-order valence-corrected chi connectivity index (χ0v) is 10.6. The highest BCUT2D eigenvalue weighted by Gasteiger charge is 2.56. The molecule has 0 spiro atoms. The first kappa shape index (κ1) is 10.6. The number of benzene rings is 1. The van der Waals surface area contributed by atoms with Gasteiger partial charge in [-0.1, -0.05) is 24.3 Å². The molecular weight excluding hydrogens is 226 g/mol. The van der Waals surface area contributed by atoms with Crippen LogP contribution in [0.15, 0.2) is 24.3 Å². The minimum atomic E-state index is -0.363. The lowest BCUT2D eigenvalue weighted by Crippen LogP contribution is -2.49. The lowest BCUT2D eigenvalue weighted by Gasteiger charge is -2.40. The predicted molar refractivity (Wildman–Crippen MR) is 66.9 cm³/mol. The van der Waals surface area contributed by atoms with Crippen LogP contribution < -0.4 is 0 Å². The van der Waals surface area contributed by atoms with Crippen LogP contribution in [0.2, 0.25) is 0 Å². The fraction of sp³-hybridized carbons (Fsp3) is 0.533. The average Bonchev–Trinajstić information content (AvgIpc) is 2.80. The van der Waals surface area contributed by atoms with Crippen molar-refractivity contribution in [2.24, 2.45) is 0 Å². The summed E-state index contributed by atoms with van der Waals surface area (Å²) in [5, 5.41) is 0. The quantitative estimate of drug-likeness (QED) is 0.700. The number of carbonyl (C=O) groups is 1. The van der Waals surface area contributed by atoms with Gasteiger partial charge < -0.3 is 9.64 Å². The smallest absolute Gasteiger partial charge is 0.225 e. The molecule has 0 bridgehead atoms. The summed E-state index contributed by atoms with van der Waals surface area (Å²) in [5.74, 6) is 0.257. The van der Waals surface area contributed by atoms with Gasteiger partial charge in [0.15, 0.2) is 0 Å². The lowest BCUT2D eigenvalue weighted by atomic mass is 9.96. The zero-order valence-electron chi connectivity index (χ0n) is 10.6. The van der Waals surface area contributed by atoms with Crippen LogP contribution in [0.4, 0.5) is 0 Å². The standard InChI is InChI=1S/C15H17NO2/c1-15-8-4-7-13(17)16(15)14-11-6-3-2-5-10(11)9-12(14)18-15/h2-3,5-6,12,14H,4,7-9H2,1H3. The van der Waals surface area contributed by atoms with Gasteiger partial charge in [-0.25, -0.2) is 0 Å². The minimum Gasteiger partial charge on any atom is -0.350 e. The van der Waals surface area contributed by atoms with Gasteiger partial charge in [-0.2, -0.15) is 0 Å². The van der Waals surface area contributed by atoms with Crippen molar-refractivity contribution in [2.75, 3.05) is 0 Å². The van der Waals surface area contributed by atoms with Gasteiger partial charge >= 0.3 is 0 Å². The van der Waals surface area contributed by atoms with E-state index >= 15 is 0 Å². The molecule has 2 saturated heterocycles. The first-order valence-electron chi connectivity index (χ1n) is 6.77. The highest BCUT2D eigenvalue weighted by Crippen LogP contribution is 2.51. The van der Waals surface area contributed by atoms with Crippen molar-refractivity contribution in [2.45, 2.75) is 50.5 Å². The number of ether oxygens (including phenoxy) is 1. The maximum Gasteiger partial charge on any atom is 0.225 e. The van der Waals surface area contributed by atoms with E-state index in [1.165, 1.54) is 11.1 Å². The van der Waals surface area contributed by atoms with E-state index in [1.54, 1.807) is 0 Å². The molecule has 94 valence electrons. The molecule has 1 aromatic carbocycles. The van der Waals surface area contributed by atoms with Crippen molar-refractivity contribution < 1.29 is 9.53 Å². The monoisotopic (exact) mass is 243 g/mol. The number of fused-ring (bicyclic) bond motifs is 5. The van der Waals surface area contributed by atoms with Crippen LogP contribution in [-0.2, 0) is 16.0 Å². The van der Waals surface area contributed by atoms with E-state index in [-0.39, 0.29) is 23.8 Å². The van der Waals surface area contributed by atoms with E-state index in [2.05, 4.69) is 31.2 Å². The zero-order chi connectivity index (χ0) is 12.3. The number of carbonyl (C=O) groups excluding carboxylic acids is 1. The SMILES string of the molecule is CC12CCCC(=O)N1C1c3ccccc3CC1O2. The Kier molecular flexibility index (Phi) is 1.97. The molecule has 3 atom stereocenters. The summed E-state index contributed by atoms with van der Waals surface area (Å²) in [5.41, 5.74) is 2.27. The van der Waals surface area contributed by atoms with Crippen LogP contribution in [0.5, 0.6) is 0 Å². The Balaban J connectivity index is 1.82. The molecule has 2 fully saturated rings. The summed E-state index contributed by atoms with van der Waals surface area (Å²) in [6, 6.07) is 8.58. The lowest BCUT2D eigenvalue weighted by molar-refractivity contribution is -0.159. The highest BCUT2D eigenvalue weighted by molar-refractivity contribution is 5.79. The molecule has 1 aromatic rings. The third kappa shape index (κ3) is 1.20. The highest BCUT2D eigenvalue weighted by atomic mass is 16.5. The van der Waals surface area contributed by atoms with Gasteiger partial charge in [0.05, 0.1) is 12.1 Å². The number of rotatable bonds is 0. The normalized spacial score (nSPS) is 37.4. The molecule has 18 heavy (non-hydrogen) atoms. The molecule has 3 aliphatic rings. The van der Waals surface area contributed by atoms with Crippen molar-refractivity contribution in [3.8, 4) is 0 Å². The molecule has 2 heterocycles. The third-order valence-electron chi connectivity index (χ3n) is 4.64. The fourth-order valence-electron chi connectivity index (χ4n) is 3.91. The largest absolute Gasteiger partial charge is 0.350 e. The van der Waals surface area contributed by atoms with Crippen molar-refractivity contribution >= 4 is 5.91 Å². The predicted octanol–water partition coefficient (Wildman–Crippen LogP) is 2.41. The van der Waals surface area contributed by atoms with Gasteiger partial charge in [0.25, 0.3) is 0 Å². The molecule has 1 amide bonds. The molecule has 4 rings (SSSR count). The Bertz CT molecular complexity index is 527. The number of hydrogen-bond acceptors (Lipinski definition) is 2. The Morgan fingerprint density at radius 3 is 3.11 bits per heavy atom. The van der Waals surface area contributed by atoms with E-state index < -0.39 is 0 Å². The molecule has 3 unspecified atom stereocenters. The van der Waals surface area contributed by atoms with Gasteiger partial charge in [0.2, 0.25) is 5.91 Å². The molecule has 0 radical (unpaired) electrons. The molecule has 3 heteroatoms. The van der Waals surface area contributed by atoms with Crippen molar-refractivity contribution in [3.05, 3.63) is 35.4 Å². The Morgan fingerprint density at radius 2 is 2.22 bits per heavy atom. The number of piperidine rings is 1. The second-order valence-corrected chi connectivity index (χ2v) is 5.80. The summed E-state index contributed by atoms with van der Waals surface area (Å²) in [4.78, 5) is 14.3. The molecule has 0 N–H and O–H groups in total. The number of nitrogens with zero attached hydrogens (tertiary/aromatic N) is 1.